The first-order chi connectivity index (χ1) is 12.4. The number of aromatic nitrogens is 3. The highest BCUT2D eigenvalue weighted by atomic mass is 16.5. The molecule has 4 heterocycles. The molecule has 0 spiro atoms. The number of ether oxygens (including phenoxy) is 1. The molecule has 0 aromatic carbocycles. The van der Waals surface area contributed by atoms with Crippen LogP contribution in [0.1, 0.15) is 24.8 Å². The summed E-state index contributed by atoms with van der Waals surface area (Å²) >= 11 is 0. The van der Waals surface area contributed by atoms with Crippen LogP contribution in [0.2, 0.25) is 0 Å². The maximum absolute atomic E-state index is 5.73. The van der Waals surface area contributed by atoms with Crippen molar-refractivity contribution in [3.05, 3.63) is 42.5 Å². The summed E-state index contributed by atoms with van der Waals surface area (Å²) in [5.41, 5.74) is 1.30. The van der Waals surface area contributed by atoms with Crippen LogP contribution in [0.3, 0.4) is 0 Å². The first-order valence-corrected chi connectivity index (χ1v) is 9.19. The van der Waals surface area contributed by atoms with E-state index in [4.69, 9.17) is 4.74 Å². The number of pyridine rings is 1. The van der Waals surface area contributed by atoms with Gasteiger partial charge in [-0.1, -0.05) is 0 Å². The van der Waals surface area contributed by atoms with Gasteiger partial charge in [0.05, 0.1) is 19.3 Å². The summed E-state index contributed by atoms with van der Waals surface area (Å²) in [6, 6.07) is 6.51. The largest absolute Gasteiger partial charge is 0.379 e. The van der Waals surface area contributed by atoms with Crippen LogP contribution in [0.4, 0.5) is 11.6 Å². The number of nitrogens with one attached hydrogen (secondary N) is 1. The van der Waals surface area contributed by atoms with Gasteiger partial charge in [-0.25, -0.2) is 9.97 Å². The van der Waals surface area contributed by atoms with Crippen LogP contribution in [0.25, 0.3) is 0 Å². The SMILES string of the molecule is c1cc(CC2COCC2Nc2cc(N3CCCCC3)ncn2)ccn1. The third-order valence-corrected chi connectivity index (χ3v) is 5.11. The smallest absolute Gasteiger partial charge is 0.134 e. The lowest BCUT2D eigenvalue weighted by atomic mass is 9.95. The molecule has 2 atom stereocenters. The molecule has 0 radical (unpaired) electrons. The molecule has 1 N–H and O–H groups in total. The number of anilines is 2. The van der Waals surface area contributed by atoms with Gasteiger partial charge >= 0.3 is 0 Å². The zero-order valence-corrected chi connectivity index (χ0v) is 14.5. The molecule has 6 heteroatoms. The fourth-order valence-electron chi connectivity index (χ4n) is 3.69. The molecule has 2 unspecified atom stereocenters. The summed E-state index contributed by atoms with van der Waals surface area (Å²) < 4.78 is 5.73. The average molecular weight is 339 g/mol. The summed E-state index contributed by atoms with van der Waals surface area (Å²) in [7, 11) is 0. The van der Waals surface area contributed by atoms with Crippen LogP contribution in [0, 0.1) is 5.92 Å². The molecule has 0 saturated carbocycles. The molecule has 2 aromatic rings. The molecule has 4 rings (SSSR count). The van der Waals surface area contributed by atoms with E-state index < -0.39 is 0 Å². The Balaban J connectivity index is 1.42. The van der Waals surface area contributed by atoms with Crippen molar-refractivity contribution in [2.75, 3.05) is 36.5 Å². The molecule has 132 valence electrons. The Labute approximate surface area is 148 Å². The average Bonchev–Trinajstić information content (AvgIpc) is 3.10. The van der Waals surface area contributed by atoms with E-state index >= 15 is 0 Å². The minimum absolute atomic E-state index is 0.275. The number of hydrogen-bond acceptors (Lipinski definition) is 6. The molecule has 0 amide bonds. The van der Waals surface area contributed by atoms with Crippen LogP contribution < -0.4 is 10.2 Å². The Morgan fingerprint density at radius 2 is 1.92 bits per heavy atom. The van der Waals surface area contributed by atoms with Crippen molar-refractivity contribution in [1.29, 1.82) is 0 Å². The van der Waals surface area contributed by atoms with Gasteiger partial charge in [-0.2, -0.15) is 0 Å². The Bertz CT molecular complexity index is 675. The van der Waals surface area contributed by atoms with Crippen molar-refractivity contribution in [3.8, 4) is 0 Å². The first kappa shape index (κ1) is 16.3. The van der Waals surface area contributed by atoms with Crippen molar-refractivity contribution < 1.29 is 4.74 Å². The summed E-state index contributed by atoms with van der Waals surface area (Å²) in [6.45, 7) is 3.68. The molecule has 2 saturated heterocycles. The van der Waals surface area contributed by atoms with Crippen molar-refractivity contribution >= 4 is 11.6 Å². The molecule has 0 bridgehead atoms. The van der Waals surface area contributed by atoms with E-state index in [9.17, 15) is 0 Å². The van der Waals surface area contributed by atoms with Gasteiger partial charge in [0.25, 0.3) is 0 Å². The number of nitrogens with zero attached hydrogens (tertiary/aromatic N) is 4. The van der Waals surface area contributed by atoms with Gasteiger partial charge in [-0.15, -0.1) is 0 Å². The van der Waals surface area contributed by atoms with E-state index in [0.29, 0.717) is 5.92 Å². The van der Waals surface area contributed by atoms with Crippen LogP contribution in [-0.2, 0) is 11.2 Å². The fourth-order valence-corrected chi connectivity index (χ4v) is 3.69. The van der Waals surface area contributed by atoms with Crippen molar-refractivity contribution in [1.82, 2.24) is 15.0 Å². The van der Waals surface area contributed by atoms with Gasteiger partial charge in [0.1, 0.15) is 18.0 Å². The Morgan fingerprint density at radius 1 is 1.08 bits per heavy atom. The van der Waals surface area contributed by atoms with E-state index in [0.717, 1.165) is 44.4 Å². The van der Waals surface area contributed by atoms with Crippen molar-refractivity contribution in [2.45, 2.75) is 31.7 Å². The highest BCUT2D eigenvalue weighted by molar-refractivity contribution is 5.49. The number of piperidine rings is 1. The Morgan fingerprint density at radius 3 is 2.76 bits per heavy atom. The lowest BCUT2D eigenvalue weighted by Gasteiger charge is -2.28. The Kier molecular flexibility index (Phi) is 5.06. The molecule has 2 aliphatic heterocycles. The monoisotopic (exact) mass is 339 g/mol. The quantitative estimate of drug-likeness (QED) is 0.903. The van der Waals surface area contributed by atoms with E-state index in [2.05, 4.69) is 43.4 Å². The van der Waals surface area contributed by atoms with E-state index in [1.165, 1.54) is 24.8 Å². The lowest BCUT2D eigenvalue weighted by Crippen LogP contribution is -2.31. The van der Waals surface area contributed by atoms with Crippen molar-refractivity contribution in [2.24, 2.45) is 5.92 Å². The highest BCUT2D eigenvalue weighted by Crippen LogP contribution is 2.24. The Hall–Kier alpha value is -2.21. The standard InChI is InChI=1S/C19H25N5O/c1-2-8-24(9-3-1)19-11-18(21-14-22-19)23-17-13-25-12-16(17)10-15-4-6-20-7-5-15/h4-7,11,14,16-17H,1-3,8-10,12-13H2,(H,21,22,23). The predicted octanol–water partition coefficient (Wildman–Crippen LogP) is 2.53. The minimum atomic E-state index is 0.275. The summed E-state index contributed by atoms with van der Waals surface area (Å²) in [5.74, 6) is 2.36. The van der Waals surface area contributed by atoms with E-state index in [-0.39, 0.29) is 6.04 Å². The maximum Gasteiger partial charge on any atom is 0.134 e. The zero-order valence-electron chi connectivity index (χ0n) is 14.5. The molecule has 6 nitrogen and oxygen atoms in total. The summed E-state index contributed by atoms with van der Waals surface area (Å²) in [5, 5.41) is 3.57. The summed E-state index contributed by atoms with van der Waals surface area (Å²) in [6.07, 6.45) is 10.2. The topological polar surface area (TPSA) is 63.2 Å². The second kappa shape index (κ2) is 7.78. The van der Waals surface area contributed by atoms with Crippen LogP contribution in [0.5, 0.6) is 0 Å². The number of rotatable bonds is 5. The molecule has 25 heavy (non-hydrogen) atoms. The van der Waals surface area contributed by atoms with Crippen LogP contribution in [0.15, 0.2) is 36.9 Å². The van der Waals surface area contributed by atoms with Gasteiger partial charge in [-0.05, 0) is 43.4 Å². The number of hydrogen-bond donors (Lipinski definition) is 1. The molecule has 2 fully saturated rings. The van der Waals surface area contributed by atoms with Gasteiger partial charge in [0.15, 0.2) is 0 Å². The van der Waals surface area contributed by atoms with Crippen molar-refractivity contribution in [3.63, 3.8) is 0 Å². The molecular weight excluding hydrogens is 314 g/mol. The first-order valence-electron chi connectivity index (χ1n) is 9.19. The van der Waals surface area contributed by atoms with Gasteiger partial charge in [0.2, 0.25) is 0 Å². The third-order valence-electron chi connectivity index (χ3n) is 5.11. The lowest BCUT2D eigenvalue weighted by molar-refractivity contribution is 0.185. The fraction of sp³-hybridized carbons (Fsp3) is 0.526. The maximum atomic E-state index is 5.73. The van der Waals surface area contributed by atoms with E-state index in [1.807, 2.05) is 12.4 Å². The second-order valence-corrected chi connectivity index (χ2v) is 6.92. The van der Waals surface area contributed by atoms with Gasteiger partial charge in [0, 0.05) is 37.5 Å². The van der Waals surface area contributed by atoms with Crippen LogP contribution in [-0.4, -0.2) is 47.3 Å². The molecule has 2 aliphatic rings. The third kappa shape index (κ3) is 4.07. The van der Waals surface area contributed by atoms with Crippen LogP contribution >= 0.6 is 0 Å². The zero-order chi connectivity index (χ0) is 16.9. The minimum Gasteiger partial charge on any atom is -0.379 e. The van der Waals surface area contributed by atoms with Gasteiger partial charge in [-0.3, -0.25) is 4.98 Å². The normalized spacial score (nSPS) is 23.6. The molecular formula is C19H25N5O. The van der Waals surface area contributed by atoms with Gasteiger partial charge < -0.3 is 15.0 Å². The van der Waals surface area contributed by atoms with E-state index in [1.54, 1.807) is 6.33 Å². The molecule has 0 aliphatic carbocycles. The second-order valence-electron chi connectivity index (χ2n) is 6.92. The predicted molar refractivity (Wildman–Crippen MR) is 97.8 cm³/mol. The highest BCUT2D eigenvalue weighted by Gasteiger charge is 2.28. The molecule has 2 aromatic heterocycles. The summed E-state index contributed by atoms with van der Waals surface area (Å²) in [4.78, 5) is 15.3.